The number of carbonyl (C=O) groups excluding carboxylic acids is 1. The van der Waals surface area contributed by atoms with Crippen LogP contribution in [0.15, 0.2) is 42.5 Å². The number of rotatable bonds is 5. The molecule has 25 heavy (non-hydrogen) atoms. The smallest absolute Gasteiger partial charge is 0.251 e. The highest BCUT2D eigenvalue weighted by molar-refractivity contribution is 6.01. The van der Waals surface area contributed by atoms with Crippen molar-refractivity contribution in [3.8, 4) is 11.5 Å². The van der Waals surface area contributed by atoms with Crippen molar-refractivity contribution in [2.24, 2.45) is 5.73 Å². The summed E-state index contributed by atoms with van der Waals surface area (Å²) in [5.41, 5.74) is 9.42. The highest BCUT2D eigenvalue weighted by Gasteiger charge is 2.14. The first kappa shape index (κ1) is 15.3. The van der Waals surface area contributed by atoms with Crippen LogP contribution in [0.25, 0.3) is 33.5 Å². The van der Waals surface area contributed by atoms with Crippen LogP contribution in [0.4, 0.5) is 0 Å². The lowest BCUT2D eigenvalue weighted by Crippen LogP contribution is -2.25. The summed E-state index contributed by atoms with van der Waals surface area (Å²) >= 11 is 0. The summed E-state index contributed by atoms with van der Waals surface area (Å²) < 4.78 is 0. The van der Waals surface area contributed by atoms with Crippen molar-refractivity contribution < 1.29 is 4.79 Å². The second-order valence-electron chi connectivity index (χ2n) is 5.83. The van der Waals surface area contributed by atoms with Crippen molar-refractivity contribution in [3.63, 3.8) is 0 Å². The van der Waals surface area contributed by atoms with Crippen LogP contribution in [0, 0.1) is 0 Å². The molecule has 7 nitrogen and oxygen atoms in total. The summed E-state index contributed by atoms with van der Waals surface area (Å²) in [5.74, 6) is 0.556. The van der Waals surface area contributed by atoms with Crippen LogP contribution in [0.5, 0.6) is 0 Å². The second kappa shape index (κ2) is 6.37. The molecule has 0 atom stereocenters. The lowest BCUT2D eigenvalue weighted by Gasteiger charge is -2.04. The Hall–Kier alpha value is -3.19. The van der Waals surface area contributed by atoms with Crippen LogP contribution < -0.4 is 11.1 Å². The summed E-state index contributed by atoms with van der Waals surface area (Å²) in [4.78, 5) is 20.1. The minimum atomic E-state index is -0.118. The molecule has 4 aromatic rings. The van der Waals surface area contributed by atoms with E-state index in [1.807, 2.05) is 36.4 Å². The van der Waals surface area contributed by atoms with E-state index in [9.17, 15) is 4.79 Å². The van der Waals surface area contributed by atoms with Crippen molar-refractivity contribution in [1.82, 2.24) is 25.5 Å². The zero-order valence-electron chi connectivity index (χ0n) is 13.5. The molecule has 7 heteroatoms. The Morgan fingerprint density at radius 3 is 2.88 bits per heavy atom. The van der Waals surface area contributed by atoms with Gasteiger partial charge in [-0.1, -0.05) is 12.1 Å². The van der Waals surface area contributed by atoms with E-state index in [4.69, 9.17) is 5.73 Å². The van der Waals surface area contributed by atoms with Gasteiger partial charge in [0.25, 0.3) is 5.91 Å². The van der Waals surface area contributed by atoms with Crippen LogP contribution in [0.1, 0.15) is 16.8 Å². The fourth-order valence-electron chi connectivity index (χ4n) is 2.81. The number of aromatic nitrogens is 4. The number of aromatic amines is 2. The molecule has 4 rings (SSSR count). The topological polar surface area (TPSA) is 112 Å². The molecule has 2 aromatic carbocycles. The normalized spacial score (nSPS) is 11.2. The van der Waals surface area contributed by atoms with E-state index in [-0.39, 0.29) is 5.91 Å². The zero-order chi connectivity index (χ0) is 17.2. The molecule has 5 N–H and O–H groups in total. The first-order valence-electron chi connectivity index (χ1n) is 8.18. The average Bonchev–Trinajstić information content (AvgIpc) is 3.24. The van der Waals surface area contributed by atoms with Crippen molar-refractivity contribution in [2.75, 3.05) is 13.1 Å². The third-order valence-electron chi connectivity index (χ3n) is 4.11. The Morgan fingerprint density at radius 2 is 2.04 bits per heavy atom. The predicted octanol–water partition coefficient (Wildman–Crippen LogP) is 2.18. The first-order chi connectivity index (χ1) is 12.3. The molecule has 2 heterocycles. The number of nitrogens with one attached hydrogen (secondary N) is 3. The minimum Gasteiger partial charge on any atom is -0.352 e. The fourth-order valence-corrected chi connectivity index (χ4v) is 2.81. The number of para-hydroxylation sites is 2. The van der Waals surface area contributed by atoms with Gasteiger partial charge in [0.15, 0.2) is 5.82 Å². The lowest BCUT2D eigenvalue weighted by atomic mass is 10.1. The van der Waals surface area contributed by atoms with Gasteiger partial charge in [0.05, 0.1) is 16.6 Å². The van der Waals surface area contributed by atoms with E-state index in [1.54, 1.807) is 6.07 Å². The molecule has 0 fully saturated rings. The molecular formula is C18H18N6O. The van der Waals surface area contributed by atoms with Crippen LogP contribution in [0.3, 0.4) is 0 Å². The van der Waals surface area contributed by atoms with Crippen LogP contribution >= 0.6 is 0 Å². The second-order valence-corrected chi connectivity index (χ2v) is 5.83. The number of amides is 1. The van der Waals surface area contributed by atoms with Gasteiger partial charge >= 0.3 is 0 Å². The van der Waals surface area contributed by atoms with Crippen molar-refractivity contribution >= 4 is 27.8 Å². The molecule has 0 aliphatic rings. The zero-order valence-corrected chi connectivity index (χ0v) is 13.5. The quantitative estimate of drug-likeness (QED) is 0.419. The highest BCUT2D eigenvalue weighted by atomic mass is 16.1. The number of carbonyl (C=O) groups is 1. The Kier molecular flexibility index (Phi) is 3.91. The van der Waals surface area contributed by atoms with E-state index in [1.165, 1.54) is 0 Å². The van der Waals surface area contributed by atoms with Gasteiger partial charge in [-0.25, -0.2) is 4.98 Å². The highest BCUT2D eigenvalue weighted by Crippen LogP contribution is 2.26. The minimum absolute atomic E-state index is 0.118. The summed E-state index contributed by atoms with van der Waals surface area (Å²) in [5, 5.41) is 11.1. The van der Waals surface area contributed by atoms with E-state index in [2.05, 4.69) is 25.5 Å². The SMILES string of the molecule is NCCCNC(=O)c1ccc2[nH]nc(-c3nc4ccccc4[nH]3)c2c1. The Balaban J connectivity index is 1.72. The van der Waals surface area contributed by atoms with Gasteiger partial charge in [0, 0.05) is 17.5 Å². The Labute approximate surface area is 143 Å². The summed E-state index contributed by atoms with van der Waals surface area (Å²) in [7, 11) is 0. The average molecular weight is 334 g/mol. The number of nitrogens with two attached hydrogens (primary N) is 1. The van der Waals surface area contributed by atoms with E-state index < -0.39 is 0 Å². The maximum Gasteiger partial charge on any atom is 0.251 e. The Bertz CT molecular complexity index is 1020. The van der Waals surface area contributed by atoms with Crippen LogP contribution in [-0.2, 0) is 0 Å². The van der Waals surface area contributed by atoms with Crippen molar-refractivity contribution in [2.45, 2.75) is 6.42 Å². The number of hydrogen-bond acceptors (Lipinski definition) is 4. The number of imidazole rings is 1. The number of H-pyrrole nitrogens is 2. The van der Waals surface area contributed by atoms with Crippen LogP contribution in [-0.4, -0.2) is 39.2 Å². The molecule has 2 aromatic heterocycles. The van der Waals surface area contributed by atoms with Gasteiger partial charge in [0.1, 0.15) is 5.69 Å². The lowest BCUT2D eigenvalue weighted by molar-refractivity contribution is 0.0953. The number of fused-ring (bicyclic) bond motifs is 2. The standard InChI is InChI=1S/C18H18N6O/c19-8-3-9-20-18(25)11-6-7-13-12(10-11)16(24-23-13)17-21-14-4-1-2-5-15(14)22-17/h1-2,4-7,10H,3,8-9,19H2,(H,20,25)(H,21,22)(H,23,24). The predicted molar refractivity (Wildman–Crippen MR) is 97.2 cm³/mol. The van der Waals surface area contributed by atoms with Crippen LogP contribution in [0.2, 0.25) is 0 Å². The first-order valence-corrected chi connectivity index (χ1v) is 8.18. The molecule has 0 radical (unpaired) electrons. The van der Waals surface area contributed by atoms with Gasteiger partial charge in [-0.2, -0.15) is 5.10 Å². The third kappa shape index (κ3) is 2.85. The summed E-state index contributed by atoms with van der Waals surface area (Å²) in [6, 6.07) is 13.3. The van der Waals surface area contributed by atoms with Crippen molar-refractivity contribution in [3.05, 3.63) is 48.0 Å². The molecule has 0 bridgehead atoms. The number of benzene rings is 2. The maximum absolute atomic E-state index is 12.3. The molecule has 0 aliphatic carbocycles. The molecule has 0 aliphatic heterocycles. The molecule has 126 valence electrons. The largest absolute Gasteiger partial charge is 0.352 e. The van der Waals surface area contributed by atoms with Gasteiger partial charge in [-0.15, -0.1) is 0 Å². The molecule has 0 saturated heterocycles. The monoisotopic (exact) mass is 334 g/mol. The summed E-state index contributed by atoms with van der Waals surface area (Å²) in [6.07, 6.45) is 0.754. The van der Waals surface area contributed by atoms with Gasteiger partial charge in [-0.05, 0) is 43.3 Å². The van der Waals surface area contributed by atoms with E-state index >= 15 is 0 Å². The number of nitrogens with zero attached hydrogens (tertiary/aromatic N) is 2. The molecule has 0 spiro atoms. The fraction of sp³-hybridized carbons (Fsp3) is 0.167. The number of hydrogen-bond donors (Lipinski definition) is 4. The van der Waals surface area contributed by atoms with Gasteiger partial charge < -0.3 is 16.0 Å². The van der Waals surface area contributed by atoms with Gasteiger partial charge in [0.2, 0.25) is 0 Å². The molecular weight excluding hydrogens is 316 g/mol. The third-order valence-corrected chi connectivity index (χ3v) is 4.11. The van der Waals surface area contributed by atoms with Crippen molar-refractivity contribution in [1.29, 1.82) is 0 Å². The Morgan fingerprint density at radius 1 is 1.16 bits per heavy atom. The van der Waals surface area contributed by atoms with Gasteiger partial charge in [-0.3, -0.25) is 9.89 Å². The van der Waals surface area contributed by atoms with E-state index in [0.29, 0.717) is 30.2 Å². The van der Waals surface area contributed by atoms with E-state index in [0.717, 1.165) is 28.4 Å². The summed E-state index contributed by atoms with van der Waals surface area (Å²) in [6.45, 7) is 1.12. The molecule has 0 unspecified atom stereocenters. The molecule has 1 amide bonds. The molecule has 0 saturated carbocycles. The maximum atomic E-state index is 12.3.